The van der Waals surface area contributed by atoms with Crippen molar-refractivity contribution in [2.45, 2.75) is 105 Å². The zero-order valence-corrected chi connectivity index (χ0v) is 75.4. The summed E-state index contributed by atoms with van der Waals surface area (Å²) in [5.74, 6) is 0. The van der Waals surface area contributed by atoms with Gasteiger partial charge in [0.1, 0.15) is 11.2 Å². The van der Waals surface area contributed by atoms with Crippen LogP contribution in [0.1, 0.15) is 116 Å². The summed E-state index contributed by atoms with van der Waals surface area (Å²) in [7, 11) is 0. The van der Waals surface area contributed by atoms with Crippen molar-refractivity contribution in [3.63, 3.8) is 0 Å². The molecule has 0 bridgehead atoms. The third-order valence-electron chi connectivity index (χ3n) is 27.5. The van der Waals surface area contributed by atoms with Crippen LogP contribution in [-0.2, 0) is 21.7 Å². The number of anilines is 6. The molecular formula is C124H99BN4O2. The highest BCUT2D eigenvalue weighted by atomic mass is 16.3. The molecule has 7 heteroatoms. The first-order valence-corrected chi connectivity index (χ1v) is 45.5. The molecule has 0 saturated heterocycles. The minimum absolute atomic E-state index is 0.00963. The maximum absolute atomic E-state index is 10.0. The van der Waals surface area contributed by atoms with Gasteiger partial charge in [-0.05, 0) is 242 Å². The summed E-state index contributed by atoms with van der Waals surface area (Å²) < 4.78 is 97.1. The molecule has 2 aliphatic heterocycles. The van der Waals surface area contributed by atoms with Crippen molar-refractivity contribution in [1.29, 1.82) is 0 Å². The summed E-state index contributed by atoms with van der Waals surface area (Å²) >= 11 is 0. The largest absolute Gasteiger partial charge is 0.453 e. The summed E-state index contributed by atoms with van der Waals surface area (Å²) in [6, 6.07) is 117. The van der Waals surface area contributed by atoms with Crippen molar-refractivity contribution in [2.24, 2.45) is 0 Å². The number of para-hydroxylation sites is 6. The van der Waals surface area contributed by atoms with E-state index in [9.17, 15) is 11.0 Å². The molecule has 0 aliphatic carbocycles. The monoisotopic (exact) mass is 1690 g/mol. The number of fused-ring (bicyclic) bond motifs is 16. The Morgan fingerprint density at radius 1 is 0.229 bits per heavy atom. The summed E-state index contributed by atoms with van der Waals surface area (Å²) in [6.45, 7) is 26.8. The summed E-state index contributed by atoms with van der Waals surface area (Å²) in [5.41, 5.74) is 31.8. The molecule has 0 amide bonds. The molecule has 0 fully saturated rings. The first kappa shape index (κ1) is 70.8. The fraction of sp³-hybridized carbons (Fsp3) is 0.129. The fourth-order valence-corrected chi connectivity index (χ4v) is 20.7. The number of nitrogens with zero attached hydrogens (tertiary/aromatic N) is 4. The number of hydrogen-bond acceptors (Lipinski definition) is 4. The zero-order valence-electron chi connectivity index (χ0n) is 83.4. The Bertz CT molecular complexity index is 8680. The van der Waals surface area contributed by atoms with Gasteiger partial charge in [-0.1, -0.05) is 350 Å². The minimum atomic E-state index is -0.602. The van der Waals surface area contributed by atoms with E-state index in [-0.39, 0.29) is 43.5 Å². The highest BCUT2D eigenvalue weighted by Crippen LogP contribution is 2.54. The number of benzene rings is 18. The molecule has 24 rings (SSSR count). The zero-order chi connectivity index (χ0) is 95.8. The van der Waals surface area contributed by atoms with Crippen molar-refractivity contribution in [2.75, 3.05) is 9.80 Å². The minimum Gasteiger partial charge on any atom is -0.453 e. The first-order chi connectivity index (χ1) is 66.8. The topological polar surface area (TPSA) is 42.6 Å². The molecule has 0 spiro atoms. The van der Waals surface area contributed by atoms with Crippen LogP contribution in [0.3, 0.4) is 0 Å². The van der Waals surface area contributed by atoms with Crippen molar-refractivity contribution in [3.8, 4) is 89.3 Å². The molecule has 2 aliphatic rings. The molecule has 0 saturated carbocycles. The molecule has 131 heavy (non-hydrogen) atoms. The van der Waals surface area contributed by atoms with Gasteiger partial charge >= 0.3 is 0 Å². The van der Waals surface area contributed by atoms with E-state index < -0.39 is 55.1 Å². The lowest BCUT2D eigenvalue weighted by atomic mass is 9.33. The van der Waals surface area contributed by atoms with E-state index in [1.54, 1.807) is 4.57 Å². The fourth-order valence-electron chi connectivity index (χ4n) is 20.7. The summed E-state index contributed by atoms with van der Waals surface area (Å²) in [6.07, 6.45) is 0. The summed E-state index contributed by atoms with van der Waals surface area (Å²) in [5, 5.41) is 5.80. The van der Waals surface area contributed by atoms with Crippen molar-refractivity contribution in [3.05, 3.63) is 404 Å². The lowest BCUT2D eigenvalue weighted by Gasteiger charge is -2.44. The van der Waals surface area contributed by atoms with Crippen LogP contribution in [0.15, 0.2) is 391 Å². The van der Waals surface area contributed by atoms with Crippen LogP contribution in [-0.4, -0.2) is 15.8 Å². The van der Waals surface area contributed by atoms with Crippen LogP contribution in [0.2, 0.25) is 0 Å². The molecule has 4 aromatic heterocycles. The molecular weight excluding hydrogens is 1590 g/mol. The van der Waals surface area contributed by atoms with Crippen molar-refractivity contribution >= 4 is 145 Å². The third kappa shape index (κ3) is 13.0. The second-order valence-corrected chi connectivity index (χ2v) is 39.8. The van der Waals surface area contributed by atoms with Gasteiger partial charge in [0.2, 0.25) is 0 Å². The van der Waals surface area contributed by atoms with E-state index in [0.717, 1.165) is 172 Å². The molecule has 0 N–H and O–H groups in total. The predicted molar refractivity (Wildman–Crippen MR) is 557 cm³/mol. The molecule has 630 valence electrons. The maximum Gasteiger partial charge on any atom is 0.252 e. The van der Waals surface area contributed by atoms with Crippen LogP contribution in [0.4, 0.5) is 34.1 Å². The van der Waals surface area contributed by atoms with Gasteiger partial charge in [-0.25, -0.2) is 0 Å². The Balaban J connectivity index is 0.855. The van der Waals surface area contributed by atoms with Crippen LogP contribution in [0.5, 0.6) is 0 Å². The Morgan fingerprint density at radius 3 is 1.01 bits per heavy atom. The molecule has 6 heterocycles. The van der Waals surface area contributed by atoms with Gasteiger partial charge in [-0.3, -0.25) is 0 Å². The van der Waals surface area contributed by atoms with Crippen LogP contribution >= 0.6 is 0 Å². The first-order valence-electron chi connectivity index (χ1n) is 49.5. The van der Waals surface area contributed by atoms with Gasteiger partial charge in [0.25, 0.3) is 6.71 Å². The van der Waals surface area contributed by atoms with Gasteiger partial charge in [0.05, 0.1) is 50.1 Å². The average molecular weight is 1700 g/mol. The SMILES string of the molecule is [2H]c1c([2H])c([2H])c2c(c1[2H])c1c([2H])c([2H])c([2H])c([2H])c1n2-c1ccc2c(c1)N(c1cccc3c1oc1c(-c4cc(-c5ccccc5)cc(-c5ccccc5)c4)cccc13)c1cc(-n3c4ccc(C(C)(C)C)cc4c4cc(C(C)(C)C)ccc43)cc3c1B2c1ccc(-c2cc(C(C)(C)C)cc(C(C)(C)C)c2)cc1N3c1cccc2c1oc1c(-c3cc(-c4ccccc4)cc(-c4ccccc4)c3)cccc12. The summed E-state index contributed by atoms with van der Waals surface area (Å²) in [4.78, 5) is 4.84. The number of furan rings is 2. The van der Waals surface area contributed by atoms with E-state index in [1.165, 1.54) is 22.3 Å². The van der Waals surface area contributed by atoms with Gasteiger partial charge in [-0.15, -0.1) is 0 Å². The van der Waals surface area contributed by atoms with Crippen LogP contribution in [0.25, 0.3) is 177 Å². The second kappa shape index (κ2) is 29.7. The van der Waals surface area contributed by atoms with Gasteiger partial charge in [-0.2, -0.15) is 0 Å². The standard InChI is InChI=1S/C124H99BN4O2/c1-121(2,3)88-54-59-108-102(71-88)103-72-89(122(4,5)6)55-60-109(103)127(108)93-74-114-116-115(75-93)129(111-52-32-48-101-99-46-30-44-95(118(99)131-120(101)111)87-65-83(78-37-21-15-22-38-78)62-84(66-87)79-39-23-16-24-40-79)113-73-92(126-106-49-27-25-41-96(106)97-42-26-28-50-107(97)126)56-58-105(113)125(116)104-57-53-80(85-67-90(123(7,8)9)70-91(68-85)124(10,11)12)69-112(104)128(114)110-51-31-47-100-98-45-29-43-94(117(98)130-119(100)110)86-63-81(76-33-17-13-18-34-76)61-82(64-86)77-35-19-14-20-36-77/h13-75H,1-12H3/i25D,26D,27D,28D,41D,42D,49D,50D. The van der Waals surface area contributed by atoms with Crippen molar-refractivity contribution in [1.82, 2.24) is 9.13 Å². The van der Waals surface area contributed by atoms with E-state index in [2.05, 4.69) is 413 Å². The lowest BCUT2D eigenvalue weighted by molar-refractivity contribution is 0.569. The van der Waals surface area contributed by atoms with Crippen LogP contribution in [0, 0.1) is 0 Å². The van der Waals surface area contributed by atoms with Gasteiger partial charge in [0, 0.05) is 82.7 Å². The normalized spacial score (nSPS) is 13.8. The Hall–Kier alpha value is -15.2. The van der Waals surface area contributed by atoms with Crippen molar-refractivity contribution < 1.29 is 19.8 Å². The number of rotatable bonds is 11. The van der Waals surface area contributed by atoms with E-state index in [1.807, 2.05) is 18.2 Å². The lowest BCUT2D eigenvalue weighted by Crippen LogP contribution is -2.61. The van der Waals surface area contributed by atoms with Gasteiger partial charge in [0.15, 0.2) is 11.2 Å². The molecule has 18 aromatic carbocycles. The van der Waals surface area contributed by atoms with E-state index in [4.69, 9.17) is 8.83 Å². The highest BCUT2D eigenvalue weighted by molar-refractivity contribution is 7.00. The Labute approximate surface area is 776 Å². The number of aromatic nitrogens is 2. The maximum atomic E-state index is 10.0. The second-order valence-electron chi connectivity index (χ2n) is 39.8. The smallest absolute Gasteiger partial charge is 0.252 e. The Kier molecular flexibility index (Phi) is 16.1. The van der Waals surface area contributed by atoms with E-state index in [0.29, 0.717) is 33.8 Å². The molecule has 0 unspecified atom stereocenters. The molecule has 0 atom stereocenters. The molecule has 22 aromatic rings. The highest BCUT2D eigenvalue weighted by Gasteiger charge is 2.46. The van der Waals surface area contributed by atoms with E-state index >= 15 is 0 Å². The predicted octanol–water partition coefficient (Wildman–Crippen LogP) is 32.6. The van der Waals surface area contributed by atoms with Gasteiger partial charge < -0.3 is 27.8 Å². The molecule has 0 radical (unpaired) electrons. The quantitative estimate of drug-likeness (QED) is 0.121. The third-order valence-corrected chi connectivity index (χ3v) is 27.5. The average Bonchev–Trinajstić information content (AvgIpc) is 1.68. The Morgan fingerprint density at radius 2 is 0.588 bits per heavy atom. The molecule has 6 nitrogen and oxygen atoms in total. The number of hydrogen-bond donors (Lipinski definition) is 0. The van der Waals surface area contributed by atoms with Crippen LogP contribution < -0.4 is 26.2 Å².